The number of benzene rings is 2. The molecule has 0 saturated carbocycles. The van der Waals surface area contributed by atoms with Crippen LogP contribution in [0.25, 0.3) is 0 Å². The van der Waals surface area contributed by atoms with Crippen molar-refractivity contribution in [1.82, 2.24) is 5.32 Å². The van der Waals surface area contributed by atoms with Crippen LogP contribution in [0.2, 0.25) is 0 Å². The fraction of sp³-hybridized carbons (Fsp3) is 0.381. The molecule has 0 spiro atoms. The number of amides is 1. The van der Waals surface area contributed by atoms with Crippen molar-refractivity contribution in [3.05, 3.63) is 59.2 Å². The molecule has 1 fully saturated rings. The summed E-state index contributed by atoms with van der Waals surface area (Å²) in [4.78, 5) is 12.6. The number of carbonyl (C=O) groups is 1. The fourth-order valence-corrected chi connectivity index (χ4v) is 3.74. The van der Waals surface area contributed by atoms with Crippen molar-refractivity contribution in [2.75, 3.05) is 26.6 Å². The molecule has 29 heavy (non-hydrogen) atoms. The molecule has 0 radical (unpaired) electrons. The molecule has 5 nitrogen and oxygen atoms in total. The first-order valence-corrected chi connectivity index (χ1v) is 9.31. The average Bonchev–Trinajstić information content (AvgIpc) is 3.20. The number of alkyl halides is 3. The topological polar surface area (TPSA) is 56.8 Å². The van der Waals surface area contributed by atoms with Gasteiger partial charge in [0.25, 0.3) is 5.91 Å². The van der Waals surface area contributed by atoms with Crippen LogP contribution in [-0.2, 0) is 16.3 Å². The molecule has 1 saturated heterocycles. The minimum absolute atomic E-state index is 0.0206. The highest BCUT2D eigenvalue weighted by Crippen LogP contribution is 2.40. The second-order valence-electron chi connectivity index (χ2n) is 7.22. The van der Waals surface area contributed by atoms with Gasteiger partial charge in [0, 0.05) is 30.7 Å². The number of halogens is 3. The molecule has 2 aliphatic rings. The van der Waals surface area contributed by atoms with E-state index in [-0.39, 0.29) is 18.9 Å². The Morgan fingerprint density at radius 3 is 2.55 bits per heavy atom. The lowest BCUT2D eigenvalue weighted by Crippen LogP contribution is -2.44. The molecule has 4 rings (SSSR count). The third kappa shape index (κ3) is 4.03. The summed E-state index contributed by atoms with van der Waals surface area (Å²) in [5.41, 5.74) is -0.278. The van der Waals surface area contributed by atoms with E-state index >= 15 is 0 Å². The van der Waals surface area contributed by atoms with E-state index in [0.717, 1.165) is 17.7 Å². The van der Waals surface area contributed by atoms with Crippen LogP contribution in [0.3, 0.4) is 0 Å². The van der Waals surface area contributed by atoms with E-state index in [1.807, 2.05) is 18.2 Å². The quantitative estimate of drug-likeness (QED) is 0.835. The lowest BCUT2D eigenvalue weighted by Gasteiger charge is -2.38. The summed E-state index contributed by atoms with van der Waals surface area (Å²) in [5.74, 6) is 0.782. The smallest absolute Gasteiger partial charge is 0.416 e. The van der Waals surface area contributed by atoms with E-state index in [0.29, 0.717) is 37.6 Å². The van der Waals surface area contributed by atoms with E-state index in [1.54, 1.807) is 0 Å². The van der Waals surface area contributed by atoms with Crippen LogP contribution in [0, 0.1) is 0 Å². The zero-order valence-electron chi connectivity index (χ0n) is 15.6. The molecule has 0 bridgehead atoms. The third-order valence-electron chi connectivity index (χ3n) is 5.47. The maximum absolute atomic E-state index is 12.9. The van der Waals surface area contributed by atoms with Gasteiger partial charge in [-0.2, -0.15) is 13.2 Å². The van der Waals surface area contributed by atoms with E-state index in [1.165, 1.54) is 12.1 Å². The average molecular weight is 407 g/mol. The van der Waals surface area contributed by atoms with E-state index in [9.17, 15) is 18.0 Å². The summed E-state index contributed by atoms with van der Waals surface area (Å²) in [7, 11) is 0. The first kappa shape index (κ1) is 19.6. The molecule has 2 aromatic rings. The molecule has 8 heteroatoms. The van der Waals surface area contributed by atoms with Crippen molar-refractivity contribution in [3.63, 3.8) is 0 Å². The summed E-state index contributed by atoms with van der Waals surface area (Å²) in [6.45, 7) is 1.52. The van der Waals surface area contributed by atoms with Crippen LogP contribution in [-0.4, -0.2) is 32.5 Å². The molecule has 0 aromatic heterocycles. The summed E-state index contributed by atoms with van der Waals surface area (Å²) < 4.78 is 55.1. The predicted octanol–water partition coefficient (Wildman–Crippen LogP) is 3.91. The zero-order chi connectivity index (χ0) is 20.5. The lowest BCUT2D eigenvalue weighted by molar-refractivity contribution is -0.137. The van der Waals surface area contributed by atoms with Gasteiger partial charge in [-0.05, 0) is 48.7 Å². The number of fused-ring (bicyclic) bond motifs is 1. The highest BCUT2D eigenvalue weighted by molar-refractivity contribution is 5.94. The molecule has 0 unspecified atom stereocenters. The Morgan fingerprint density at radius 2 is 1.79 bits per heavy atom. The van der Waals surface area contributed by atoms with Crippen LogP contribution >= 0.6 is 0 Å². The number of ether oxygens (including phenoxy) is 3. The fourth-order valence-electron chi connectivity index (χ4n) is 3.74. The Bertz CT molecular complexity index is 907. The minimum atomic E-state index is -4.50. The van der Waals surface area contributed by atoms with Crippen LogP contribution in [0.15, 0.2) is 42.5 Å². The Balaban J connectivity index is 1.54. The first-order valence-electron chi connectivity index (χ1n) is 9.31. The van der Waals surface area contributed by atoms with Crippen molar-refractivity contribution >= 4 is 5.91 Å². The summed E-state index contributed by atoms with van der Waals surface area (Å²) in [5, 5.41) is 2.82. The van der Waals surface area contributed by atoms with E-state index < -0.39 is 23.1 Å². The molecule has 0 atom stereocenters. The van der Waals surface area contributed by atoms with Gasteiger partial charge in [-0.1, -0.05) is 12.1 Å². The van der Waals surface area contributed by atoms with Gasteiger partial charge in [-0.25, -0.2) is 0 Å². The zero-order valence-corrected chi connectivity index (χ0v) is 15.6. The molecular weight excluding hydrogens is 387 g/mol. The van der Waals surface area contributed by atoms with E-state index in [2.05, 4.69) is 5.32 Å². The molecule has 154 valence electrons. The van der Waals surface area contributed by atoms with Gasteiger partial charge in [0.1, 0.15) is 0 Å². The highest BCUT2D eigenvalue weighted by Gasteiger charge is 2.36. The van der Waals surface area contributed by atoms with Crippen LogP contribution < -0.4 is 14.8 Å². The normalized spacial score (nSPS) is 17.8. The van der Waals surface area contributed by atoms with Gasteiger partial charge in [0.15, 0.2) is 11.5 Å². The maximum atomic E-state index is 12.9. The summed E-state index contributed by atoms with van der Waals surface area (Å²) in [6.07, 6.45) is -3.14. The summed E-state index contributed by atoms with van der Waals surface area (Å²) in [6, 6.07) is 10.1. The number of carbonyl (C=O) groups excluding carboxylic acids is 1. The molecule has 2 aromatic carbocycles. The Labute approximate surface area is 165 Å². The second-order valence-corrected chi connectivity index (χ2v) is 7.22. The van der Waals surface area contributed by atoms with Gasteiger partial charge in [-0.15, -0.1) is 0 Å². The monoisotopic (exact) mass is 407 g/mol. The van der Waals surface area contributed by atoms with Gasteiger partial charge in [-0.3, -0.25) is 4.79 Å². The first-order chi connectivity index (χ1) is 13.9. The highest BCUT2D eigenvalue weighted by atomic mass is 19.4. The Kier molecular flexibility index (Phi) is 5.12. The molecule has 2 aliphatic heterocycles. The van der Waals surface area contributed by atoms with Crippen molar-refractivity contribution in [2.24, 2.45) is 0 Å². The van der Waals surface area contributed by atoms with Crippen LogP contribution in [0.4, 0.5) is 13.2 Å². The van der Waals surface area contributed by atoms with Gasteiger partial charge in [0.2, 0.25) is 6.79 Å². The van der Waals surface area contributed by atoms with Crippen LogP contribution in [0.1, 0.15) is 34.3 Å². The SMILES string of the molecule is O=C(NCC1(c2ccc3c(c2)OCO3)CCOCC1)c1cccc(C(F)(F)F)c1. The minimum Gasteiger partial charge on any atom is -0.454 e. The van der Waals surface area contributed by atoms with Crippen molar-refractivity contribution in [3.8, 4) is 11.5 Å². The third-order valence-corrected chi connectivity index (χ3v) is 5.47. The Morgan fingerprint density at radius 1 is 1.03 bits per heavy atom. The lowest BCUT2D eigenvalue weighted by atomic mass is 9.74. The number of nitrogens with one attached hydrogen (secondary N) is 1. The van der Waals surface area contributed by atoms with Gasteiger partial charge >= 0.3 is 6.18 Å². The molecule has 1 N–H and O–H groups in total. The van der Waals surface area contributed by atoms with Crippen molar-refractivity contribution in [2.45, 2.75) is 24.4 Å². The van der Waals surface area contributed by atoms with Crippen LogP contribution in [0.5, 0.6) is 11.5 Å². The molecule has 1 amide bonds. The molecular formula is C21H20F3NO4. The van der Waals surface area contributed by atoms with E-state index in [4.69, 9.17) is 14.2 Å². The Hall–Kier alpha value is -2.74. The maximum Gasteiger partial charge on any atom is 0.416 e. The summed E-state index contributed by atoms with van der Waals surface area (Å²) >= 11 is 0. The molecule has 2 heterocycles. The molecule has 0 aliphatic carbocycles. The van der Waals surface area contributed by atoms with Crippen molar-refractivity contribution < 1.29 is 32.2 Å². The number of hydrogen-bond donors (Lipinski definition) is 1. The van der Waals surface area contributed by atoms with Gasteiger partial charge < -0.3 is 19.5 Å². The predicted molar refractivity (Wildman–Crippen MR) is 98.1 cm³/mol. The standard InChI is InChI=1S/C21H20F3NO4/c22-21(23,24)16-3-1-2-14(10-16)19(26)25-12-20(6-8-27-9-7-20)15-4-5-17-18(11-15)29-13-28-17/h1-5,10-11H,6-9,12-13H2,(H,25,26). The largest absolute Gasteiger partial charge is 0.454 e. The van der Waals surface area contributed by atoms with Gasteiger partial charge in [0.05, 0.1) is 5.56 Å². The number of hydrogen-bond acceptors (Lipinski definition) is 4. The number of rotatable bonds is 4. The van der Waals surface area contributed by atoms with Crippen molar-refractivity contribution in [1.29, 1.82) is 0 Å². The second kappa shape index (κ2) is 7.59.